The van der Waals surface area contributed by atoms with E-state index in [-0.39, 0.29) is 12.4 Å². The van der Waals surface area contributed by atoms with E-state index in [2.05, 4.69) is 42.4 Å². The highest BCUT2D eigenvalue weighted by molar-refractivity contribution is 9.11. The summed E-state index contributed by atoms with van der Waals surface area (Å²) in [6.07, 6.45) is 1.47. The highest BCUT2D eigenvalue weighted by atomic mass is 79.9. The van der Waals surface area contributed by atoms with Gasteiger partial charge in [-0.2, -0.15) is 5.10 Å². The van der Waals surface area contributed by atoms with Crippen LogP contribution in [0, 0.1) is 5.82 Å². The maximum atomic E-state index is 13.4. The van der Waals surface area contributed by atoms with Gasteiger partial charge in [0.15, 0.2) is 11.5 Å². The first-order valence-electron chi connectivity index (χ1n) is 9.91. The molecule has 0 atom stereocenters. The Morgan fingerprint density at radius 1 is 1.09 bits per heavy atom. The van der Waals surface area contributed by atoms with E-state index < -0.39 is 5.91 Å². The maximum Gasteiger partial charge on any atom is 0.271 e. The van der Waals surface area contributed by atoms with Crippen molar-refractivity contribution in [2.75, 3.05) is 13.7 Å². The molecule has 0 unspecified atom stereocenters. The van der Waals surface area contributed by atoms with Crippen LogP contribution in [-0.2, 0) is 6.61 Å². The van der Waals surface area contributed by atoms with E-state index in [1.54, 1.807) is 36.4 Å². The van der Waals surface area contributed by atoms with Crippen LogP contribution in [0.2, 0.25) is 0 Å². The fourth-order valence-corrected chi connectivity index (χ4v) is 4.29. The predicted molar refractivity (Wildman–Crippen MR) is 132 cm³/mol. The summed E-state index contributed by atoms with van der Waals surface area (Å²) in [7, 11) is 1.51. The largest absolute Gasteiger partial charge is 0.493 e. The summed E-state index contributed by atoms with van der Waals surface area (Å²) in [4.78, 5) is 12.5. The van der Waals surface area contributed by atoms with Gasteiger partial charge in [0, 0.05) is 15.6 Å². The number of hydrogen-bond donors (Lipinski definition) is 1. The van der Waals surface area contributed by atoms with E-state index >= 15 is 0 Å². The van der Waals surface area contributed by atoms with Crippen molar-refractivity contribution in [3.8, 4) is 17.2 Å². The Morgan fingerprint density at radius 2 is 1.91 bits per heavy atom. The molecule has 0 aliphatic heterocycles. The molecule has 0 aliphatic rings. The van der Waals surface area contributed by atoms with Crippen molar-refractivity contribution in [3.63, 3.8) is 0 Å². The Balaban J connectivity index is 1.74. The Kier molecular flexibility index (Phi) is 8.85. The SMILES string of the molecule is CCOc1ccc(C(=O)N/N=C/c2cc(Br)cc(Br)c2OCc2cccc(F)c2)cc1OC. The summed E-state index contributed by atoms with van der Waals surface area (Å²) in [5, 5.41) is 4.07. The zero-order valence-electron chi connectivity index (χ0n) is 17.9. The monoisotopic (exact) mass is 578 g/mol. The molecule has 1 N–H and O–H groups in total. The van der Waals surface area contributed by atoms with Crippen molar-refractivity contribution >= 4 is 44.0 Å². The number of carbonyl (C=O) groups is 1. The number of hydrogen-bond acceptors (Lipinski definition) is 5. The second-order valence-corrected chi connectivity index (χ2v) is 8.49. The first-order valence-corrected chi connectivity index (χ1v) is 11.5. The van der Waals surface area contributed by atoms with Crippen LogP contribution < -0.4 is 19.6 Å². The summed E-state index contributed by atoms with van der Waals surface area (Å²) in [5.74, 6) is 0.769. The highest BCUT2D eigenvalue weighted by Gasteiger charge is 2.12. The first kappa shape index (κ1) is 24.7. The van der Waals surface area contributed by atoms with Gasteiger partial charge in [-0.1, -0.05) is 28.1 Å². The average molecular weight is 580 g/mol. The number of methoxy groups -OCH3 is 1. The molecule has 0 fully saturated rings. The van der Waals surface area contributed by atoms with E-state index in [4.69, 9.17) is 14.2 Å². The Hall–Kier alpha value is -2.91. The Morgan fingerprint density at radius 3 is 2.64 bits per heavy atom. The van der Waals surface area contributed by atoms with E-state index in [0.717, 1.165) is 4.47 Å². The third-order valence-electron chi connectivity index (χ3n) is 4.40. The summed E-state index contributed by atoms with van der Waals surface area (Å²) < 4.78 is 31.6. The number of rotatable bonds is 9. The molecule has 9 heteroatoms. The second-order valence-electron chi connectivity index (χ2n) is 6.72. The lowest BCUT2D eigenvalue weighted by Crippen LogP contribution is -2.17. The molecule has 33 heavy (non-hydrogen) atoms. The third kappa shape index (κ3) is 6.79. The van der Waals surface area contributed by atoms with Crippen molar-refractivity contribution in [2.24, 2.45) is 5.10 Å². The van der Waals surface area contributed by atoms with Crippen molar-refractivity contribution in [2.45, 2.75) is 13.5 Å². The lowest BCUT2D eigenvalue weighted by Gasteiger charge is -2.12. The van der Waals surface area contributed by atoms with Gasteiger partial charge < -0.3 is 14.2 Å². The van der Waals surface area contributed by atoms with Gasteiger partial charge in [-0.05, 0) is 70.9 Å². The molecular formula is C24H21Br2FN2O4. The zero-order chi connectivity index (χ0) is 23.8. The van der Waals surface area contributed by atoms with E-state index in [1.807, 2.05) is 13.0 Å². The normalized spacial score (nSPS) is 10.8. The summed E-state index contributed by atoms with van der Waals surface area (Å²) >= 11 is 6.91. The van der Waals surface area contributed by atoms with Crippen LogP contribution in [0.4, 0.5) is 4.39 Å². The molecule has 1 amide bonds. The van der Waals surface area contributed by atoms with Gasteiger partial charge in [0.1, 0.15) is 18.2 Å². The fourth-order valence-electron chi connectivity index (χ4n) is 2.92. The van der Waals surface area contributed by atoms with Gasteiger partial charge in [0.2, 0.25) is 0 Å². The van der Waals surface area contributed by atoms with E-state index in [1.165, 1.54) is 25.5 Å². The molecule has 0 radical (unpaired) electrons. The fraction of sp³-hybridized carbons (Fsp3) is 0.167. The van der Waals surface area contributed by atoms with Crippen molar-refractivity contribution in [1.29, 1.82) is 0 Å². The van der Waals surface area contributed by atoms with Crippen LogP contribution in [0.3, 0.4) is 0 Å². The van der Waals surface area contributed by atoms with Crippen LogP contribution in [0.5, 0.6) is 17.2 Å². The Labute approximate surface area is 208 Å². The molecule has 3 aromatic rings. The Bertz CT molecular complexity index is 1170. The number of benzene rings is 3. The van der Waals surface area contributed by atoms with Crippen LogP contribution in [0.1, 0.15) is 28.4 Å². The van der Waals surface area contributed by atoms with Gasteiger partial charge in [-0.3, -0.25) is 4.79 Å². The van der Waals surface area contributed by atoms with Crippen LogP contribution >= 0.6 is 31.9 Å². The number of halogens is 3. The minimum Gasteiger partial charge on any atom is -0.493 e. The summed E-state index contributed by atoms with van der Waals surface area (Å²) in [6, 6.07) is 14.7. The first-order chi connectivity index (χ1) is 15.9. The molecule has 0 aromatic heterocycles. The standard InChI is InChI=1S/C24H21Br2FN2O4/c1-3-32-21-8-7-16(11-22(21)31-2)24(30)29-28-13-17-10-18(25)12-20(26)23(17)33-14-15-5-4-6-19(27)9-15/h4-13H,3,14H2,1-2H3,(H,29,30)/b28-13+. The zero-order valence-corrected chi connectivity index (χ0v) is 21.1. The molecule has 0 saturated carbocycles. The smallest absolute Gasteiger partial charge is 0.271 e. The van der Waals surface area contributed by atoms with Gasteiger partial charge in [-0.25, -0.2) is 9.82 Å². The molecule has 0 saturated heterocycles. The summed E-state index contributed by atoms with van der Waals surface area (Å²) in [5.41, 5.74) is 4.16. The molecule has 0 bridgehead atoms. The number of ether oxygens (including phenoxy) is 3. The second kappa shape index (κ2) is 11.8. The van der Waals surface area contributed by atoms with Gasteiger partial charge in [0.25, 0.3) is 5.91 Å². The number of amides is 1. The van der Waals surface area contributed by atoms with Crippen molar-refractivity contribution < 1.29 is 23.4 Å². The lowest BCUT2D eigenvalue weighted by atomic mass is 10.2. The number of nitrogens with zero attached hydrogens (tertiary/aromatic N) is 1. The summed E-state index contributed by atoms with van der Waals surface area (Å²) in [6.45, 7) is 2.51. The topological polar surface area (TPSA) is 69.2 Å². The van der Waals surface area contributed by atoms with Crippen molar-refractivity contribution in [1.82, 2.24) is 5.43 Å². The molecule has 3 aromatic carbocycles. The highest BCUT2D eigenvalue weighted by Crippen LogP contribution is 2.33. The lowest BCUT2D eigenvalue weighted by molar-refractivity contribution is 0.0954. The maximum absolute atomic E-state index is 13.4. The van der Waals surface area contributed by atoms with Crippen LogP contribution in [0.25, 0.3) is 0 Å². The molecular weight excluding hydrogens is 559 g/mol. The average Bonchev–Trinajstić information content (AvgIpc) is 2.78. The predicted octanol–water partition coefficient (Wildman–Crippen LogP) is 6.10. The number of nitrogens with one attached hydrogen (secondary N) is 1. The molecule has 0 aliphatic carbocycles. The van der Waals surface area contributed by atoms with Crippen LogP contribution in [-0.4, -0.2) is 25.8 Å². The molecule has 172 valence electrons. The number of hydrazone groups is 1. The quantitative estimate of drug-likeness (QED) is 0.246. The van der Waals surface area contributed by atoms with Gasteiger partial charge in [-0.15, -0.1) is 0 Å². The number of carbonyl (C=O) groups excluding carboxylic acids is 1. The van der Waals surface area contributed by atoms with Gasteiger partial charge in [0.05, 0.1) is 24.4 Å². The third-order valence-corrected chi connectivity index (χ3v) is 5.45. The van der Waals surface area contributed by atoms with Crippen molar-refractivity contribution in [3.05, 3.63) is 86.1 Å². The van der Waals surface area contributed by atoms with Crippen LogP contribution in [0.15, 0.2) is 68.6 Å². The van der Waals surface area contributed by atoms with Gasteiger partial charge >= 0.3 is 0 Å². The van der Waals surface area contributed by atoms with E-state index in [0.29, 0.717) is 45.0 Å². The molecule has 6 nitrogen and oxygen atoms in total. The van der Waals surface area contributed by atoms with E-state index in [9.17, 15) is 9.18 Å². The molecule has 0 heterocycles. The minimum atomic E-state index is -0.413. The minimum absolute atomic E-state index is 0.164. The molecule has 3 rings (SSSR count). The molecule has 0 spiro atoms.